The van der Waals surface area contributed by atoms with Crippen LogP contribution in [-0.4, -0.2) is 29.3 Å². The van der Waals surface area contributed by atoms with Crippen molar-refractivity contribution in [3.05, 3.63) is 29.6 Å². The van der Waals surface area contributed by atoms with E-state index >= 15 is 0 Å². The molecule has 1 aliphatic rings. The molecule has 5 heteroatoms. The SMILES string of the molecule is NC(=S)c1cc(F)ccc1N(CCO)C1CC1. The number of halogens is 1. The third-order valence-corrected chi connectivity index (χ3v) is 3.08. The summed E-state index contributed by atoms with van der Waals surface area (Å²) < 4.78 is 13.2. The van der Waals surface area contributed by atoms with Gasteiger partial charge in [-0.15, -0.1) is 0 Å². The van der Waals surface area contributed by atoms with E-state index in [1.165, 1.54) is 12.1 Å². The predicted molar refractivity (Wildman–Crippen MR) is 69.7 cm³/mol. The number of aliphatic hydroxyl groups excluding tert-OH is 1. The number of nitrogens with two attached hydrogens (primary N) is 1. The van der Waals surface area contributed by atoms with Crippen LogP contribution in [-0.2, 0) is 0 Å². The van der Waals surface area contributed by atoms with E-state index in [0.29, 0.717) is 18.2 Å². The Hall–Kier alpha value is -1.20. The number of nitrogens with zero attached hydrogens (tertiary/aromatic N) is 1. The molecule has 0 saturated heterocycles. The molecule has 17 heavy (non-hydrogen) atoms. The van der Waals surface area contributed by atoms with Gasteiger partial charge >= 0.3 is 0 Å². The van der Waals surface area contributed by atoms with Crippen LogP contribution in [0, 0.1) is 5.82 Å². The standard InChI is InChI=1S/C12H15FN2OS/c13-8-1-4-11(10(7-8)12(14)17)15(5-6-16)9-2-3-9/h1,4,7,9,16H,2-3,5-6H2,(H2,14,17). The minimum absolute atomic E-state index is 0.0602. The second-order valence-corrected chi connectivity index (χ2v) is 4.61. The molecule has 0 heterocycles. The molecule has 0 atom stereocenters. The third-order valence-electron chi connectivity index (χ3n) is 2.86. The normalized spacial score (nSPS) is 14.7. The average molecular weight is 254 g/mol. The second-order valence-electron chi connectivity index (χ2n) is 4.17. The van der Waals surface area contributed by atoms with E-state index in [2.05, 4.69) is 0 Å². The number of hydrogen-bond acceptors (Lipinski definition) is 3. The van der Waals surface area contributed by atoms with Gasteiger partial charge in [0.15, 0.2) is 0 Å². The van der Waals surface area contributed by atoms with Crippen molar-refractivity contribution in [2.75, 3.05) is 18.1 Å². The van der Waals surface area contributed by atoms with Crippen molar-refractivity contribution in [1.29, 1.82) is 0 Å². The topological polar surface area (TPSA) is 49.5 Å². The summed E-state index contributed by atoms with van der Waals surface area (Å²) in [5.74, 6) is -0.351. The van der Waals surface area contributed by atoms with Crippen LogP contribution in [0.15, 0.2) is 18.2 Å². The van der Waals surface area contributed by atoms with Crippen molar-refractivity contribution in [1.82, 2.24) is 0 Å². The van der Waals surface area contributed by atoms with E-state index in [-0.39, 0.29) is 17.4 Å². The lowest BCUT2D eigenvalue weighted by atomic mass is 10.1. The first-order valence-corrected chi connectivity index (χ1v) is 6.01. The highest BCUT2D eigenvalue weighted by Gasteiger charge is 2.30. The van der Waals surface area contributed by atoms with E-state index in [9.17, 15) is 4.39 Å². The van der Waals surface area contributed by atoms with Crippen molar-refractivity contribution >= 4 is 22.9 Å². The molecule has 1 aromatic rings. The van der Waals surface area contributed by atoms with Crippen molar-refractivity contribution in [2.24, 2.45) is 5.73 Å². The fourth-order valence-corrected chi connectivity index (χ4v) is 2.11. The van der Waals surface area contributed by atoms with Gasteiger partial charge in [-0.3, -0.25) is 0 Å². The van der Waals surface area contributed by atoms with Crippen molar-refractivity contribution in [3.63, 3.8) is 0 Å². The molecule has 1 saturated carbocycles. The summed E-state index contributed by atoms with van der Waals surface area (Å²) in [6.07, 6.45) is 2.18. The smallest absolute Gasteiger partial charge is 0.124 e. The lowest BCUT2D eigenvalue weighted by molar-refractivity contribution is 0.301. The molecule has 1 fully saturated rings. The Kier molecular flexibility index (Phi) is 3.59. The minimum atomic E-state index is -0.351. The number of benzene rings is 1. The van der Waals surface area contributed by atoms with Crippen LogP contribution in [0.5, 0.6) is 0 Å². The van der Waals surface area contributed by atoms with E-state index in [1.54, 1.807) is 6.07 Å². The quantitative estimate of drug-likeness (QED) is 0.780. The van der Waals surface area contributed by atoms with Crippen LogP contribution >= 0.6 is 12.2 Å². The summed E-state index contributed by atoms with van der Waals surface area (Å²) in [7, 11) is 0. The minimum Gasteiger partial charge on any atom is -0.395 e. The van der Waals surface area contributed by atoms with Gasteiger partial charge in [-0.25, -0.2) is 4.39 Å². The first kappa shape index (κ1) is 12.3. The third kappa shape index (κ3) is 2.73. The highest BCUT2D eigenvalue weighted by molar-refractivity contribution is 7.80. The van der Waals surface area contributed by atoms with Gasteiger partial charge < -0.3 is 15.7 Å². The number of thiocarbonyl (C=S) groups is 1. The van der Waals surface area contributed by atoms with Crippen LogP contribution in [0.1, 0.15) is 18.4 Å². The monoisotopic (exact) mass is 254 g/mol. The first-order valence-electron chi connectivity index (χ1n) is 5.60. The van der Waals surface area contributed by atoms with Crippen LogP contribution in [0.3, 0.4) is 0 Å². The Morgan fingerprint density at radius 1 is 1.53 bits per heavy atom. The second kappa shape index (κ2) is 4.98. The van der Waals surface area contributed by atoms with Gasteiger partial charge in [0.25, 0.3) is 0 Å². The van der Waals surface area contributed by atoms with Gasteiger partial charge in [-0.1, -0.05) is 12.2 Å². The average Bonchev–Trinajstić information content (AvgIpc) is 3.10. The number of anilines is 1. The van der Waals surface area contributed by atoms with Crippen LogP contribution in [0.2, 0.25) is 0 Å². The summed E-state index contributed by atoms with van der Waals surface area (Å²) in [4.78, 5) is 2.23. The first-order chi connectivity index (χ1) is 8.13. The van der Waals surface area contributed by atoms with Crippen LogP contribution < -0.4 is 10.6 Å². The Bertz CT molecular complexity index is 435. The molecular formula is C12H15FN2OS. The molecule has 92 valence electrons. The molecule has 0 aromatic heterocycles. The lowest BCUT2D eigenvalue weighted by Gasteiger charge is -2.26. The summed E-state index contributed by atoms with van der Waals surface area (Å²) in [5.41, 5.74) is 6.97. The van der Waals surface area contributed by atoms with Gasteiger partial charge in [0.2, 0.25) is 0 Å². The maximum Gasteiger partial charge on any atom is 0.124 e. The van der Waals surface area contributed by atoms with Gasteiger partial charge in [-0.05, 0) is 31.0 Å². The number of hydrogen-bond donors (Lipinski definition) is 2. The number of rotatable bonds is 5. The molecule has 3 N–H and O–H groups in total. The molecule has 0 radical (unpaired) electrons. The molecule has 0 bridgehead atoms. The highest BCUT2D eigenvalue weighted by Crippen LogP contribution is 2.33. The van der Waals surface area contributed by atoms with E-state index in [1.807, 2.05) is 4.90 Å². The molecule has 0 spiro atoms. The zero-order valence-electron chi connectivity index (χ0n) is 9.40. The fraction of sp³-hybridized carbons (Fsp3) is 0.417. The van der Waals surface area contributed by atoms with Gasteiger partial charge in [0.1, 0.15) is 10.8 Å². The van der Waals surface area contributed by atoms with Crippen molar-refractivity contribution in [3.8, 4) is 0 Å². The molecular weight excluding hydrogens is 239 g/mol. The maximum absolute atomic E-state index is 13.2. The summed E-state index contributed by atoms with van der Waals surface area (Å²) >= 11 is 4.94. The molecule has 1 aromatic carbocycles. The van der Waals surface area contributed by atoms with Crippen LogP contribution in [0.4, 0.5) is 10.1 Å². The van der Waals surface area contributed by atoms with Crippen molar-refractivity contribution < 1.29 is 9.50 Å². The molecule has 2 rings (SSSR count). The Labute approximate surface area is 105 Å². The fourth-order valence-electron chi connectivity index (χ4n) is 1.95. The molecule has 0 amide bonds. The summed E-state index contributed by atoms with van der Waals surface area (Å²) in [6.45, 7) is 0.580. The van der Waals surface area contributed by atoms with Gasteiger partial charge in [-0.2, -0.15) is 0 Å². The molecule has 0 unspecified atom stereocenters. The van der Waals surface area contributed by atoms with E-state index < -0.39 is 0 Å². The predicted octanol–water partition coefficient (Wildman–Crippen LogP) is 1.42. The Balaban J connectivity index is 2.37. The largest absolute Gasteiger partial charge is 0.395 e. The van der Waals surface area contributed by atoms with Crippen molar-refractivity contribution in [2.45, 2.75) is 18.9 Å². The summed E-state index contributed by atoms with van der Waals surface area (Å²) in [6, 6.07) is 4.84. The molecule has 0 aliphatic heterocycles. The van der Waals surface area contributed by atoms with Crippen LogP contribution in [0.25, 0.3) is 0 Å². The van der Waals surface area contributed by atoms with E-state index in [0.717, 1.165) is 18.5 Å². The molecule has 1 aliphatic carbocycles. The maximum atomic E-state index is 13.2. The zero-order valence-corrected chi connectivity index (χ0v) is 10.2. The van der Waals surface area contributed by atoms with Gasteiger partial charge in [0, 0.05) is 23.8 Å². The molecule has 3 nitrogen and oxygen atoms in total. The highest BCUT2D eigenvalue weighted by atomic mass is 32.1. The van der Waals surface area contributed by atoms with E-state index in [4.69, 9.17) is 23.1 Å². The van der Waals surface area contributed by atoms with Gasteiger partial charge in [0.05, 0.1) is 6.61 Å². The summed E-state index contributed by atoms with van der Waals surface area (Å²) in [5, 5.41) is 9.08. The Morgan fingerprint density at radius 2 is 2.24 bits per heavy atom. The Morgan fingerprint density at radius 3 is 2.76 bits per heavy atom. The number of aliphatic hydroxyl groups is 1. The zero-order chi connectivity index (χ0) is 12.4. The lowest BCUT2D eigenvalue weighted by Crippen LogP contribution is -2.31.